The lowest BCUT2D eigenvalue weighted by Gasteiger charge is -2.61. The Hall–Kier alpha value is -0.850. The molecular formula is C30H47NO4S. The number of nitrogens with zero attached hydrogens (tertiary/aromatic N) is 1. The van der Waals surface area contributed by atoms with Crippen LogP contribution in [0.15, 0.2) is 12.7 Å². The number of hydrogen-bond acceptors (Lipinski definition) is 6. The van der Waals surface area contributed by atoms with Crippen LogP contribution < -0.4 is 0 Å². The second kappa shape index (κ2) is 9.41. The molecule has 0 radical (unpaired) electrons. The van der Waals surface area contributed by atoms with Gasteiger partial charge in [0.1, 0.15) is 11.9 Å². The van der Waals surface area contributed by atoms with Crippen LogP contribution in [0.4, 0.5) is 0 Å². The zero-order chi connectivity index (χ0) is 26.0. The van der Waals surface area contributed by atoms with Gasteiger partial charge in [0.25, 0.3) is 0 Å². The van der Waals surface area contributed by atoms with Crippen LogP contribution in [0.3, 0.4) is 0 Å². The third-order valence-electron chi connectivity index (χ3n) is 12.1. The van der Waals surface area contributed by atoms with E-state index in [1.54, 1.807) is 11.8 Å². The van der Waals surface area contributed by atoms with Crippen molar-refractivity contribution < 1.29 is 19.4 Å². The highest BCUT2D eigenvalue weighted by Crippen LogP contribution is 2.68. The number of fused-ring (bicyclic) bond motifs is 2. The number of ether oxygens (including phenoxy) is 1. The number of carbonyl (C=O) groups excluding carboxylic acids is 2. The molecular weight excluding hydrogens is 470 g/mol. The average molecular weight is 518 g/mol. The smallest absolute Gasteiger partial charge is 0.316 e. The van der Waals surface area contributed by atoms with E-state index in [-0.39, 0.29) is 29.1 Å². The molecule has 1 N–H and O–H groups in total. The Bertz CT molecular complexity index is 895. The summed E-state index contributed by atoms with van der Waals surface area (Å²) in [4.78, 5) is 29.4. The van der Waals surface area contributed by atoms with Gasteiger partial charge in [0.15, 0.2) is 0 Å². The number of piperidine rings is 1. The number of esters is 1. The summed E-state index contributed by atoms with van der Waals surface area (Å²) >= 11 is 1.76. The number of rotatable bonds is 5. The van der Waals surface area contributed by atoms with E-state index in [4.69, 9.17) is 4.74 Å². The van der Waals surface area contributed by atoms with Crippen molar-refractivity contribution >= 4 is 23.5 Å². The topological polar surface area (TPSA) is 66.8 Å². The van der Waals surface area contributed by atoms with E-state index in [1.165, 1.54) is 12.8 Å². The van der Waals surface area contributed by atoms with Crippen LogP contribution in [-0.2, 0) is 14.3 Å². The zero-order valence-electron chi connectivity index (χ0n) is 23.0. The van der Waals surface area contributed by atoms with Crippen LogP contribution in [0.25, 0.3) is 0 Å². The van der Waals surface area contributed by atoms with Gasteiger partial charge in [-0.1, -0.05) is 33.8 Å². The van der Waals surface area contributed by atoms with Gasteiger partial charge in [-0.15, -0.1) is 18.3 Å². The fourth-order valence-corrected chi connectivity index (χ4v) is 10.5. The standard InChI is InChI=1S/C30H47NO4S/c1-7-28(4)16-24(35-25(33)17-36-22-14-20-8-9-21(15-22)31(20)6)29(5)18(2)10-12-30(19(3)27(28)34)13-11-23(32)26(29)30/h7,18-22,24,26-27,34H,1,8-17H2,2-6H3/t18?,19-,20?,21?,22?,24+,26-,27-,28+,29-,30-/m0/s1. The van der Waals surface area contributed by atoms with Gasteiger partial charge in [-0.3, -0.25) is 9.59 Å². The Morgan fingerprint density at radius 2 is 1.86 bits per heavy atom. The first-order valence-electron chi connectivity index (χ1n) is 14.3. The number of aliphatic hydroxyl groups excluding tert-OH is 1. The number of hydrogen-bond donors (Lipinski definition) is 1. The third kappa shape index (κ3) is 3.95. The summed E-state index contributed by atoms with van der Waals surface area (Å²) < 4.78 is 6.42. The molecule has 36 heavy (non-hydrogen) atoms. The highest BCUT2D eigenvalue weighted by atomic mass is 32.2. The van der Waals surface area contributed by atoms with Crippen LogP contribution >= 0.6 is 11.8 Å². The van der Waals surface area contributed by atoms with E-state index in [0.29, 0.717) is 41.7 Å². The molecule has 0 aromatic rings. The summed E-state index contributed by atoms with van der Waals surface area (Å²) in [7, 11) is 2.24. The molecule has 5 nitrogen and oxygen atoms in total. The summed E-state index contributed by atoms with van der Waals surface area (Å²) in [5.74, 6) is 0.605. The molecule has 5 fully saturated rings. The molecule has 0 aromatic heterocycles. The number of aliphatic hydroxyl groups is 1. The summed E-state index contributed by atoms with van der Waals surface area (Å²) in [6, 6.07) is 1.31. The summed E-state index contributed by atoms with van der Waals surface area (Å²) in [5, 5.41) is 12.2. The minimum absolute atomic E-state index is 0.00390. The number of ketones is 1. The van der Waals surface area contributed by atoms with E-state index in [9.17, 15) is 14.7 Å². The van der Waals surface area contributed by atoms with Gasteiger partial charge in [-0.25, -0.2) is 0 Å². The first-order valence-corrected chi connectivity index (χ1v) is 15.4. The van der Waals surface area contributed by atoms with Gasteiger partial charge in [0, 0.05) is 40.5 Å². The highest BCUT2D eigenvalue weighted by Gasteiger charge is 2.68. The third-order valence-corrected chi connectivity index (χ3v) is 13.3. The van der Waals surface area contributed by atoms with Crippen molar-refractivity contribution in [1.82, 2.24) is 4.90 Å². The van der Waals surface area contributed by atoms with Crippen molar-refractivity contribution in [2.75, 3.05) is 12.8 Å². The quantitative estimate of drug-likeness (QED) is 0.397. The molecule has 6 heteroatoms. The molecule has 2 saturated heterocycles. The van der Waals surface area contributed by atoms with E-state index >= 15 is 0 Å². The lowest BCUT2D eigenvalue weighted by Crippen LogP contribution is -2.63. The van der Waals surface area contributed by atoms with Gasteiger partial charge in [-0.2, -0.15) is 0 Å². The summed E-state index contributed by atoms with van der Waals surface area (Å²) in [5.41, 5.74) is -1.24. The first-order chi connectivity index (χ1) is 17.0. The maximum Gasteiger partial charge on any atom is 0.316 e. The van der Waals surface area contributed by atoms with Crippen LogP contribution in [0.1, 0.15) is 85.5 Å². The van der Waals surface area contributed by atoms with Crippen molar-refractivity contribution in [2.24, 2.45) is 34.0 Å². The van der Waals surface area contributed by atoms with Crippen molar-refractivity contribution in [3.63, 3.8) is 0 Å². The Labute approximate surface area is 222 Å². The minimum atomic E-state index is -0.619. The summed E-state index contributed by atoms with van der Waals surface area (Å²) in [6.07, 6.45) is 9.58. The lowest BCUT2D eigenvalue weighted by molar-refractivity contribution is -0.205. The molecule has 2 aliphatic heterocycles. The van der Waals surface area contributed by atoms with Crippen molar-refractivity contribution in [1.29, 1.82) is 0 Å². The molecule has 0 aromatic carbocycles. The van der Waals surface area contributed by atoms with Crippen molar-refractivity contribution in [2.45, 2.75) is 115 Å². The van der Waals surface area contributed by atoms with E-state index in [0.717, 1.165) is 32.1 Å². The van der Waals surface area contributed by atoms with Crippen molar-refractivity contribution in [3.8, 4) is 0 Å². The Morgan fingerprint density at radius 1 is 1.19 bits per heavy atom. The Balaban J connectivity index is 1.39. The average Bonchev–Trinajstić information content (AvgIpc) is 3.28. The van der Waals surface area contributed by atoms with Crippen LogP contribution in [0.5, 0.6) is 0 Å². The fraction of sp³-hybridized carbons (Fsp3) is 0.867. The predicted molar refractivity (Wildman–Crippen MR) is 145 cm³/mol. The maximum atomic E-state index is 13.5. The van der Waals surface area contributed by atoms with Crippen LogP contribution in [-0.4, -0.2) is 64.1 Å². The van der Waals surface area contributed by atoms with Gasteiger partial charge < -0.3 is 14.7 Å². The number of thioether (sulfide) groups is 1. The van der Waals surface area contributed by atoms with Gasteiger partial charge in [0.2, 0.25) is 0 Å². The molecule has 4 bridgehead atoms. The zero-order valence-corrected chi connectivity index (χ0v) is 23.8. The SMILES string of the molecule is C=C[C@]1(C)C[C@@H](OC(=O)CSC2CC3CCC(C2)N3C)[C@]2(C)C(C)CC[C@]3(CCC(=O)[C@H]32)[C@@H](C)[C@@H]1O. The molecule has 3 aliphatic carbocycles. The van der Waals surface area contributed by atoms with Crippen molar-refractivity contribution in [3.05, 3.63) is 12.7 Å². The summed E-state index contributed by atoms with van der Waals surface area (Å²) in [6.45, 7) is 12.8. The van der Waals surface area contributed by atoms with Gasteiger partial charge in [-0.05, 0) is 75.7 Å². The molecule has 2 heterocycles. The molecule has 202 valence electrons. The molecule has 0 amide bonds. The van der Waals surface area contributed by atoms with Crippen LogP contribution in [0.2, 0.25) is 0 Å². The molecule has 3 saturated carbocycles. The molecule has 3 unspecified atom stereocenters. The highest BCUT2D eigenvalue weighted by molar-refractivity contribution is 8.00. The largest absolute Gasteiger partial charge is 0.461 e. The molecule has 5 rings (SSSR count). The Kier molecular flexibility index (Phi) is 6.99. The fourth-order valence-electron chi connectivity index (χ4n) is 9.38. The number of Topliss-reactive ketones (excluding diaryl/α,β-unsaturated/α-hetero) is 1. The molecule has 10 atom stereocenters. The maximum absolute atomic E-state index is 13.5. The second-order valence-electron chi connectivity index (χ2n) is 13.5. The van der Waals surface area contributed by atoms with Gasteiger partial charge in [0.05, 0.1) is 11.9 Å². The van der Waals surface area contributed by atoms with E-state index in [1.807, 2.05) is 6.08 Å². The van der Waals surface area contributed by atoms with Crippen LogP contribution in [0, 0.1) is 34.0 Å². The minimum Gasteiger partial charge on any atom is -0.461 e. The normalized spacial score (nSPS) is 50.8. The van der Waals surface area contributed by atoms with Gasteiger partial charge >= 0.3 is 5.97 Å². The van der Waals surface area contributed by atoms with E-state index < -0.39 is 23.0 Å². The monoisotopic (exact) mass is 517 g/mol. The Morgan fingerprint density at radius 3 is 2.50 bits per heavy atom. The van der Waals surface area contributed by atoms with E-state index in [2.05, 4.69) is 46.2 Å². The molecule has 0 spiro atoms. The lowest BCUT2D eigenvalue weighted by atomic mass is 9.44. The predicted octanol–water partition coefficient (Wildman–Crippen LogP) is 5.25. The number of carbonyl (C=O) groups is 2. The first kappa shape index (κ1) is 26.7. The second-order valence-corrected chi connectivity index (χ2v) is 14.8. The molecule has 5 aliphatic rings.